The molecular weight excluding hydrogens is 280 g/mol. The summed E-state index contributed by atoms with van der Waals surface area (Å²) in [4.78, 5) is 2.24. The standard InChI is InChI=1S/C12H19BrN4/c1-9(2)17(7-5-6-14)12-11(8-13)10(3)15-16(12)4/h9H,5,7-8H2,1-4H3. The van der Waals surface area contributed by atoms with Crippen molar-refractivity contribution in [3.63, 3.8) is 0 Å². The van der Waals surface area contributed by atoms with Crippen LogP contribution in [-0.2, 0) is 12.4 Å². The summed E-state index contributed by atoms with van der Waals surface area (Å²) in [5.41, 5.74) is 2.25. The molecule has 0 aliphatic carbocycles. The summed E-state index contributed by atoms with van der Waals surface area (Å²) < 4.78 is 1.91. The second-order valence-electron chi connectivity index (χ2n) is 4.34. The van der Waals surface area contributed by atoms with Gasteiger partial charge in [0.05, 0.1) is 18.2 Å². The van der Waals surface area contributed by atoms with E-state index in [0.29, 0.717) is 12.5 Å². The third-order valence-electron chi connectivity index (χ3n) is 2.81. The van der Waals surface area contributed by atoms with Crippen LogP contribution in [0, 0.1) is 18.3 Å². The van der Waals surface area contributed by atoms with E-state index in [0.717, 1.165) is 23.4 Å². The molecule has 0 fully saturated rings. The molecule has 0 atom stereocenters. The third kappa shape index (κ3) is 3.01. The Morgan fingerprint density at radius 1 is 1.53 bits per heavy atom. The number of hydrogen-bond donors (Lipinski definition) is 0. The molecule has 17 heavy (non-hydrogen) atoms. The van der Waals surface area contributed by atoms with Crippen LogP contribution in [0.1, 0.15) is 31.5 Å². The zero-order valence-corrected chi connectivity index (χ0v) is 12.5. The number of nitriles is 1. The highest BCUT2D eigenvalue weighted by Crippen LogP contribution is 2.27. The minimum atomic E-state index is 0.357. The van der Waals surface area contributed by atoms with Crippen LogP contribution in [0.3, 0.4) is 0 Å². The van der Waals surface area contributed by atoms with Crippen molar-refractivity contribution in [3.05, 3.63) is 11.3 Å². The van der Waals surface area contributed by atoms with Gasteiger partial charge in [-0.15, -0.1) is 0 Å². The maximum absolute atomic E-state index is 8.74. The van der Waals surface area contributed by atoms with E-state index in [4.69, 9.17) is 5.26 Å². The van der Waals surface area contributed by atoms with Crippen LogP contribution in [0.25, 0.3) is 0 Å². The first-order valence-corrected chi connectivity index (χ1v) is 6.87. The fourth-order valence-corrected chi connectivity index (χ4v) is 2.64. The van der Waals surface area contributed by atoms with Crippen LogP contribution in [0.2, 0.25) is 0 Å². The fraction of sp³-hybridized carbons (Fsp3) is 0.667. The highest BCUT2D eigenvalue weighted by atomic mass is 79.9. The van der Waals surface area contributed by atoms with E-state index in [1.807, 2.05) is 18.7 Å². The lowest BCUT2D eigenvalue weighted by atomic mass is 10.2. The van der Waals surface area contributed by atoms with Crippen molar-refractivity contribution in [2.24, 2.45) is 7.05 Å². The Bertz CT molecular complexity index is 417. The minimum absolute atomic E-state index is 0.357. The van der Waals surface area contributed by atoms with Gasteiger partial charge >= 0.3 is 0 Å². The number of rotatable bonds is 5. The molecule has 94 valence electrons. The number of anilines is 1. The van der Waals surface area contributed by atoms with Crippen LogP contribution in [0.15, 0.2) is 0 Å². The van der Waals surface area contributed by atoms with E-state index in [1.165, 1.54) is 5.56 Å². The maximum Gasteiger partial charge on any atom is 0.131 e. The average Bonchev–Trinajstić information content (AvgIpc) is 2.54. The third-order valence-corrected chi connectivity index (χ3v) is 3.37. The molecular formula is C12H19BrN4. The Labute approximate surface area is 111 Å². The summed E-state index contributed by atoms with van der Waals surface area (Å²) in [6.07, 6.45) is 0.532. The van der Waals surface area contributed by atoms with Gasteiger partial charge in [-0.3, -0.25) is 4.68 Å². The van der Waals surface area contributed by atoms with Crippen LogP contribution >= 0.6 is 15.9 Å². The molecule has 0 spiro atoms. The van der Waals surface area contributed by atoms with Crippen LogP contribution in [-0.4, -0.2) is 22.4 Å². The quantitative estimate of drug-likeness (QED) is 0.785. The van der Waals surface area contributed by atoms with E-state index in [9.17, 15) is 0 Å². The van der Waals surface area contributed by atoms with Crippen molar-refractivity contribution in [2.75, 3.05) is 11.4 Å². The Hall–Kier alpha value is -1.02. The van der Waals surface area contributed by atoms with Gasteiger partial charge in [-0.25, -0.2) is 0 Å². The van der Waals surface area contributed by atoms with Crippen LogP contribution in [0.5, 0.6) is 0 Å². The van der Waals surface area contributed by atoms with E-state index in [-0.39, 0.29) is 0 Å². The molecule has 0 N–H and O–H groups in total. The lowest BCUT2D eigenvalue weighted by molar-refractivity contribution is 0.637. The molecule has 0 saturated heterocycles. The second kappa shape index (κ2) is 6.06. The number of aromatic nitrogens is 2. The second-order valence-corrected chi connectivity index (χ2v) is 4.90. The van der Waals surface area contributed by atoms with Gasteiger partial charge in [-0.2, -0.15) is 10.4 Å². The highest BCUT2D eigenvalue weighted by molar-refractivity contribution is 9.08. The molecule has 0 bridgehead atoms. The van der Waals surface area contributed by atoms with E-state index < -0.39 is 0 Å². The first kappa shape index (κ1) is 14.0. The summed E-state index contributed by atoms with van der Waals surface area (Å²) in [7, 11) is 1.95. The Morgan fingerprint density at radius 2 is 2.18 bits per heavy atom. The molecule has 0 aromatic carbocycles. The molecule has 1 aromatic rings. The summed E-state index contributed by atoms with van der Waals surface area (Å²) in [6.45, 7) is 7.03. The van der Waals surface area contributed by atoms with Crippen molar-refractivity contribution in [1.82, 2.24) is 9.78 Å². The van der Waals surface area contributed by atoms with E-state index in [2.05, 4.69) is 45.8 Å². The molecule has 0 radical (unpaired) electrons. The predicted molar refractivity (Wildman–Crippen MR) is 73.3 cm³/mol. The molecule has 1 rings (SSSR count). The molecule has 0 aliphatic rings. The lowest BCUT2D eigenvalue weighted by Crippen LogP contribution is -2.33. The van der Waals surface area contributed by atoms with Crippen molar-refractivity contribution >= 4 is 21.7 Å². The molecule has 1 heterocycles. The van der Waals surface area contributed by atoms with Crippen molar-refractivity contribution in [1.29, 1.82) is 5.26 Å². The largest absolute Gasteiger partial charge is 0.353 e. The van der Waals surface area contributed by atoms with Gasteiger partial charge < -0.3 is 4.90 Å². The molecule has 5 heteroatoms. The van der Waals surface area contributed by atoms with Gasteiger partial charge in [-0.05, 0) is 20.8 Å². The van der Waals surface area contributed by atoms with E-state index >= 15 is 0 Å². The molecule has 4 nitrogen and oxygen atoms in total. The maximum atomic E-state index is 8.74. The van der Waals surface area contributed by atoms with Crippen molar-refractivity contribution in [2.45, 2.75) is 38.6 Å². The first-order valence-electron chi connectivity index (χ1n) is 5.75. The van der Waals surface area contributed by atoms with Gasteiger partial charge in [0.2, 0.25) is 0 Å². The Kier molecular flexibility index (Phi) is 5.01. The van der Waals surface area contributed by atoms with Gasteiger partial charge in [0.25, 0.3) is 0 Å². The van der Waals surface area contributed by atoms with Gasteiger partial charge in [-0.1, -0.05) is 15.9 Å². The number of hydrogen-bond acceptors (Lipinski definition) is 3. The number of alkyl halides is 1. The normalized spacial score (nSPS) is 10.6. The molecule has 0 saturated carbocycles. The van der Waals surface area contributed by atoms with Crippen molar-refractivity contribution < 1.29 is 0 Å². The van der Waals surface area contributed by atoms with Gasteiger partial charge in [0.15, 0.2) is 0 Å². The fourth-order valence-electron chi connectivity index (χ4n) is 1.98. The topological polar surface area (TPSA) is 44.9 Å². The first-order chi connectivity index (χ1) is 8.02. The van der Waals surface area contributed by atoms with Gasteiger partial charge in [0.1, 0.15) is 5.82 Å². The predicted octanol–water partition coefficient (Wildman–Crippen LogP) is 2.75. The van der Waals surface area contributed by atoms with Crippen LogP contribution in [0.4, 0.5) is 5.82 Å². The van der Waals surface area contributed by atoms with Crippen LogP contribution < -0.4 is 4.90 Å². The van der Waals surface area contributed by atoms with Crippen molar-refractivity contribution in [3.8, 4) is 6.07 Å². The summed E-state index contributed by atoms with van der Waals surface area (Å²) in [5, 5.41) is 14.0. The molecule has 1 aromatic heterocycles. The average molecular weight is 299 g/mol. The Balaban J connectivity index is 3.13. The zero-order chi connectivity index (χ0) is 13.0. The SMILES string of the molecule is Cc1nn(C)c(N(CCC#N)C(C)C)c1CBr. The number of halogens is 1. The van der Waals surface area contributed by atoms with E-state index in [1.54, 1.807) is 0 Å². The van der Waals surface area contributed by atoms with Gasteiger partial charge in [0, 0.05) is 30.5 Å². The minimum Gasteiger partial charge on any atom is -0.353 e. The monoisotopic (exact) mass is 298 g/mol. The number of nitrogens with zero attached hydrogens (tertiary/aromatic N) is 4. The summed E-state index contributed by atoms with van der Waals surface area (Å²) >= 11 is 3.51. The smallest absolute Gasteiger partial charge is 0.131 e. The summed E-state index contributed by atoms with van der Waals surface area (Å²) in [5.74, 6) is 1.12. The zero-order valence-electron chi connectivity index (χ0n) is 10.9. The summed E-state index contributed by atoms with van der Waals surface area (Å²) in [6, 6.07) is 2.56. The molecule has 0 amide bonds. The highest BCUT2D eigenvalue weighted by Gasteiger charge is 2.20. The number of aryl methyl sites for hydroxylation is 2. The Morgan fingerprint density at radius 3 is 2.65 bits per heavy atom. The molecule has 0 unspecified atom stereocenters. The molecule has 0 aliphatic heterocycles. The lowest BCUT2D eigenvalue weighted by Gasteiger charge is -2.28.